The predicted octanol–water partition coefficient (Wildman–Crippen LogP) is 1.09. The molecule has 0 aliphatic heterocycles. The first-order valence-corrected chi connectivity index (χ1v) is 4.98. The van der Waals surface area contributed by atoms with E-state index in [1.165, 1.54) is 0 Å². The summed E-state index contributed by atoms with van der Waals surface area (Å²) in [6, 6.07) is 5.58. The van der Waals surface area contributed by atoms with E-state index in [2.05, 4.69) is 19.2 Å². The fourth-order valence-electron chi connectivity index (χ4n) is 1.46. The number of pyridine rings is 1. The number of hydrogen-bond acceptors (Lipinski definition) is 2. The van der Waals surface area contributed by atoms with Crippen molar-refractivity contribution in [3.63, 3.8) is 0 Å². The fraction of sp³-hybridized carbons (Fsp3) is 0.545. The lowest BCUT2D eigenvalue weighted by Gasteiger charge is -2.20. The maximum Gasteiger partial charge on any atom is 0.250 e. The van der Waals surface area contributed by atoms with Crippen LogP contribution < -0.4 is 10.9 Å². The van der Waals surface area contributed by atoms with Crippen molar-refractivity contribution < 1.29 is 0 Å². The first-order chi connectivity index (χ1) is 6.65. The van der Waals surface area contributed by atoms with Gasteiger partial charge in [0.15, 0.2) is 0 Å². The van der Waals surface area contributed by atoms with E-state index < -0.39 is 0 Å². The lowest BCUT2D eigenvalue weighted by molar-refractivity contribution is 0.373. The van der Waals surface area contributed by atoms with Crippen LogP contribution in [-0.2, 0) is 6.54 Å². The Kier molecular flexibility index (Phi) is 3.89. The van der Waals surface area contributed by atoms with Gasteiger partial charge in [-0.05, 0) is 19.0 Å². The molecule has 0 aliphatic rings. The van der Waals surface area contributed by atoms with Gasteiger partial charge in [-0.2, -0.15) is 0 Å². The standard InChI is InChI=1S/C11H18N2O/c1-9(2)10(12-3)8-13-7-5-4-6-11(13)14/h4-7,9-10,12H,8H2,1-3H3. The van der Waals surface area contributed by atoms with E-state index in [0.717, 1.165) is 6.54 Å². The number of likely N-dealkylation sites (N-methyl/N-ethyl adjacent to an activating group) is 1. The van der Waals surface area contributed by atoms with Crippen LogP contribution in [0.5, 0.6) is 0 Å². The van der Waals surface area contributed by atoms with Crippen molar-refractivity contribution in [2.75, 3.05) is 7.05 Å². The summed E-state index contributed by atoms with van der Waals surface area (Å²) < 4.78 is 1.74. The Morgan fingerprint density at radius 2 is 2.14 bits per heavy atom. The van der Waals surface area contributed by atoms with Crippen LogP contribution in [0.2, 0.25) is 0 Å². The molecule has 0 saturated heterocycles. The van der Waals surface area contributed by atoms with Gasteiger partial charge in [0.2, 0.25) is 0 Å². The van der Waals surface area contributed by atoms with E-state index in [1.54, 1.807) is 16.7 Å². The van der Waals surface area contributed by atoms with Gasteiger partial charge >= 0.3 is 0 Å². The molecule has 0 aliphatic carbocycles. The van der Waals surface area contributed by atoms with Gasteiger partial charge in [-0.25, -0.2) is 0 Å². The predicted molar refractivity (Wildman–Crippen MR) is 58.4 cm³/mol. The quantitative estimate of drug-likeness (QED) is 0.778. The van der Waals surface area contributed by atoms with Gasteiger partial charge in [0.05, 0.1) is 0 Å². The zero-order chi connectivity index (χ0) is 10.6. The Hall–Kier alpha value is -1.09. The molecule has 78 valence electrons. The Morgan fingerprint density at radius 1 is 1.43 bits per heavy atom. The van der Waals surface area contributed by atoms with Gasteiger partial charge in [-0.15, -0.1) is 0 Å². The second kappa shape index (κ2) is 4.96. The molecule has 3 nitrogen and oxygen atoms in total. The van der Waals surface area contributed by atoms with Crippen LogP contribution in [0.1, 0.15) is 13.8 Å². The topological polar surface area (TPSA) is 34.0 Å². The molecule has 0 saturated carbocycles. The SMILES string of the molecule is CNC(Cn1ccccc1=O)C(C)C. The summed E-state index contributed by atoms with van der Waals surface area (Å²) in [5.74, 6) is 0.520. The molecule has 0 amide bonds. The Balaban J connectivity index is 2.77. The number of hydrogen-bond donors (Lipinski definition) is 1. The molecule has 1 N–H and O–H groups in total. The molecule has 0 fully saturated rings. The van der Waals surface area contributed by atoms with Crippen molar-refractivity contribution >= 4 is 0 Å². The molecule has 1 rings (SSSR count). The highest BCUT2D eigenvalue weighted by Crippen LogP contribution is 2.02. The van der Waals surface area contributed by atoms with Crippen LogP contribution in [0.4, 0.5) is 0 Å². The lowest BCUT2D eigenvalue weighted by Crippen LogP contribution is -2.37. The van der Waals surface area contributed by atoms with Gasteiger partial charge in [0, 0.05) is 24.8 Å². The molecule has 1 atom stereocenters. The number of aromatic nitrogens is 1. The van der Waals surface area contributed by atoms with Crippen molar-refractivity contribution in [2.45, 2.75) is 26.4 Å². The molecule has 0 aromatic carbocycles. The van der Waals surface area contributed by atoms with Gasteiger partial charge in [-0.3, -0.25) is 4.79 Å². The summed E-state index contributed by atoms with van der Waals surface area (Å²) in [6.07, 6.45) is 1.83. The van der Waals surface area contributed by atoms with Crippen LogP contribution in [0, 0.1) is 5.92 Å². The third kappa shape index (κ3) is 2.70. The minimum Gasteiger partial charge on any atom is -0.315 e. The van der Waals surface area contributed by atoms with Gasteiger partial charge in [-0.1, -0.05) is 19.9 Å². The second-order valence-electron chi connectivity index (χ2n) is 3.83. The summed E-state index contributed by atoms with van der Waals surface area (Å²) in [7, 11) is 1.93. The summed E-state index contributed by atoms with van der Waals surface area (Å²) in [6.45, 7) is 5.03. The maximum absolute atomic E-state index is 11.4. The molecule has 0 radical (unpaired) electrons. The summed E-state index contributed by atoms with van der Waals surface area (Å²) in [4.78, 5) is 11.4. The van der Waals surface area contributed by atoms with E-state index in [-0.39, 0.29) is 5.56 Å². The van der Waals surface area contributed by atoms with E-state index in [0.29, 0.717) is 12.0 Å². The van der Waals surface area contributed by atoms with E-state index in [1.807, 2.05) is 19.3 Å². The highest BCUT2D eigenvalue weighted by Gasteiger charge is 2.11. The largest absolute Gasteiger partial charge is 0.315 e. The Bertz CT molecular complexity index is 330. The zero-order valence-corrected chi connectivity index (χ0v) is 9.03. The molecule has 1 unspecified atom stereocenters. The molecular weight excluding hydrogens is 176 g/mol. The molecule has 0 bridgehead atoms. The van der Waals surface area contributed by atoms with Crippen molar-refractivity contribution in [3.8, 4) is 0 Å². The number of nitrogens with one attached hydrogen (secondary N) is 1. The molecule has 3 heteroatoms. The molecule has 1 aromatic heterocycles. The van der Waals surface area contributed by atoms with Gasteiger partial charge in [0.1, 0.15) is 0 Å². The van der Waals surface area contributed by atoms with Crippen molar-refractivity contribution in [3.05, 3.63) is 34.7 Å². The highest BCUT2D eigenvalue weighted by atomic mass is 16.1. The van der Waals surface area contributed by atoms with Crippen LogP contribution in [0.3, 0.4) is 0 Å². The molecular formula is C11H18N2O. The summed E-state index contributed by atoms with van der Waals surface area (Å²) in [5, 5.41) is 3.22. The third-order valence-corrected chi connectivity index (χ3v) is 2.47. The average Bonchev–Trinajstić information content (AvgIpc) is 2.16. The zero-order valence-electron chi connectivity index (χ0n) is 9.03. The average molecular weight is 194 g/mol. The first-order valence-electron chi connectivity index (χ1n) is 4.98. The maximum atomic E-state index is 11.4. The summed E-state index contributed by atoms with van der Waals surface area (Å²) in [5.41, 5.74) is 0.0633. The monoisotopic (exact) mass is 194 g/mol. The van der Waals surface area contributed by atoms with E-state index >= 15 is 0 Å². The van der Waals surface area contributed by atoms with Gasteiger partial charge < -0.3 is 9.88 Å². The third-order valence-electron chi connectivity index (χ3n) is 2.47. The number of nitrogens with zero attached hydrogens (tertiary/aromatic N) is 1. The minimum absolute atomic E-state index is 0.0633. The van der Waals surface area contributed by atoms with Crippen LogP contribution in [-0.4, -0.2) is 17.7 Å². The highest BCUT2D eigenvalue weighted by molar-refractivity contribution is 4.93. The molecule has 1 heterocycles. The molecule has 14 heavy (non-hydrogen) atoms. The van der Waals surface area contributed by atoms with E-state index in [9.17, 15) is 4.79 Å². The molecule has 0 spiro atoms. The van der Waals surface area contributed by atoms with Gasteiger partial charge in [0.25, 0.3) is 5.56 Å². The summed E-state index contributed by atoms with van der Waals surface area (Å²) >= 11 is 0. The van der Waals surface area contributed by atoms with Crippen LogP contribution in [0.15, 0.2) is 29.2 Å². The number of rotatable bonds is 4. The minimum atomic E-state index is 0.0633. The molecule has 1 aromatic rings. The normalized spacial score (nSPS) is 13.1. The second-order valence-corrected chi connectivity index (χ2v) is 3.83. The lowest BCUT2D eigenvalue weighted by atomic mass is 10.0. The first kappa shape index (κ1) is 11.0. The van der Waals surface area contributed by atoms with Crippen molar-refractivity contribution in [2.24, 2.45) is 5.92 Å². The van der Waals surface area contributed by atoms with Crippen molar-refractivity contribution in [1.82, 2.24) is 9.88 Å². The Labute approximate surface area is 84.8 Å². The van der Waals surface area contributed by atoms with E-state index in [4.69, 9.17) is 0 Å². The Morgan fingerprint density at radius 3 is 2.64 bits per heavy atom. The van der Waals surface area contributed by atoms with Crippen molar-refractivity contribution in [1.29, 1.82) is 0 Å². The van der Waals surface area contributed by atoms with Crippen LogP contribution in [0.25, 0.3) is 0 Å². The fourth-order valence-corrected chi connectivity index (χ4v) is 1.46. The van der Waals surface area contributed by atoms with Crippen LogP contribution >= 0.6 is 0 Å². The smallest absolute Gasteiger partial charge is 0.250 e.